The molecule has 0 radical (unpaired) electrons. The second-order valence-corrected chi connectivity index (χ2v) is 6.01. The number of nitrogens with zero attached hydrogens (tertiary/aromatic N) is 1. The van der Waals surface area contributed by atoms with E-state index in [9.17, 15) is 9.59 Å². The summed E-state index contributed by atoms with van der Waals surface area (Å²) in [5.74, 6) is -0.227. The van der Waals surface area contributed by atoms with Gasteiger partial charge in [-0.05, 0) is 31.5 Å². The number of fused-ring (bicyclic) bond motifs is 1. The summed E-state index contributed by atoms with van der Waals surface area (Å²) in [5, 5.41) is 7.72. The zero-order chi connectivity index (χ0) is 16.4. The van der Waals surface area contributed by atoms with Gasteiger partial charge in [0, 0.05) is 5.02 Å². The fourth-order valence-electron chi connectivity index (χ4n) is 2.42. The highest BCUT2D eigenvalue weighted by molar-refractivity contribution is 6.38. The van der Waals surface area contributed by atoms with Crippen LogP contribution in [-0.4, -0.2) is 24.7 Å². The second-order valence-electron chi connectivity index (χ2n) is 5.17. The van der Waals surface area contributed by atoms with Gasteiger partial charge in [-0.2, -0.15) is 5.10 Å². The Morgan fingerprint density at radius 2 is 2.21 bits per heavy atom. The molecule has 2 heterocycles. The molecule has 6 nitrogen and oxygen atoms in total. The van der Waals surface area contributed by atoms with E-state index in [2.05, 4.69) is 15.8 Å². The van der Waals surface area contributed by atoms with E-state index in [1.54, 1.807) is 0 Å². The molecule has 0 spiro atoms. The highest BCUT2D eigenvalue weighted by atomic mass is 35.5. The molecule has 0 bridgehead atoms. The number of hydrogen-bond acceptors (Lipinski definition) is 5. The Kier molecular flexibility index (Phi) is 6.23. The zero-order valence-corrected chi connectivity index (χ0v) is 14.7. The molecule has 1 aliphatic rings. The van der Waals surface area contributed by atoms with Crippen LogP contribution in [0.4, 0.5) is 0 Å². The predicted octanol–water partition coefficient (Wildman–Crippen LogP) is 2.72. The van der Waals surface area contributed by atoms with Crippen LogP contribution in [0.2, 0.25) is 10.0 Å². The van der Waals surface area contributed by atoms with Crippen molar-refractivity contribution in [2.75, 3.05) is 6.54 Å². The smallest absolute Gasteiger partial charge is 0.257 e. The lowest BCUT2D eigenvalue weighted by Gasteiger charge is -2.06. The number of amides is 1. The molecule has 1 fully saturated rings. The van der Waals surface area contributed by atoms with Gasteiger partial charge in [0.2, 0.25) is 5.43 Å². The van der Waals surface area contributed by atoms with E-state index in [1.807, 2.05) is 0 Å². The molecule has 1 aromatic carbocycles. The third-order valence-electron chi connectivity index (χ3n) is 3.57. The molecule has 1 saturated heterocycles. The summed E-state index contributed by atoms with van der Waals surface area (Å²) in [6.07, 6.45) is 4.22. The van der Waals surface area contributed by atoms with Gasteiger partial charge in [0.15, 0.2) is 5.58 Å². The molecular weight excluding hydrogens is 377 g/mol. The Bertz CT molecular complexity index is 845. The van der Waals surface area contributed by atoms with Crippen LogP contribution in [0.3, 0.4) is 0 Å². The van der Waals surface area contributed by atoms with Crippen molar-refractivity contribution in [2.45, 2.75) is 18.9 Å². The molecule has 128 valence electrons. The van der Waals surface area contributed by atoms with Gasteiger partial charge in [-0.3, -0.25) is 9.59 Å². The van der Waals surface area contributed by atoms with Crippen molar-refractivity contribution in [3.8, 4) is 0 Å². The standard InChI is InChI=1S/C15H13Cl2N3O3.ClH/c16-9-4-10-13(21)8(7-23-14(10)11(17)5-9)6-19-20-15(22)12-2-1-3-18-12;/h4-7,12,18H,1-3H2,(H,20,22);1H/b19-6+;/t12-;/m0./s1. The third-order valence-corrected chi connectivity index (χ3v) is 4.07. The van der Waals surface area contributed by atoms with Gasteiger partial charge in [-0.15, -0.1) is 12.4 Å². The normalized spacial score (nSPS) is 17.2. The molecular formula is C15H14Cl3N3O3. The molecule has 2 aromatic rings. The van der Waals surface area contributed by atoms with Gasteiger partial charge >= 0.3 is 0 Å². The van der Waals surface area contributed by atoms with E-state index in [0.717, 1.165) is 19.4 Å². The van der Waals surface area contributed by atoms with Gasteiger partial charge in [-0.25, -0.2) is 5.43 Å². The first-order chi connectivity index (χ1) is 11.1. The molecule has 1 aliphatic heterocycles. The minimum Gasteiger partial charge on any atom is -0.462 e. The third kappa shape index (κ3) is 3.89. The van der Waals surface area contributed by atoms with Crippen molar-refractivity contribution in [1.82, 2.24) is 10.7 Å². The van der Waals surface area contributed by atoms with Gasteiger partial charge in [0.25, 0.3) is 5.91 Å². The highest BCUT2D eigenvalue weighted by Gasteiger charge is 2.21. The maximum absolute atomic E-state index is 12.4. The second kappa shape index (κ2) is 7.98. The molecule has 1 aromatic heterocycles. The summed E-state index contributed by atoms with van der Waals surface area (Å²) < 4.78 is 5.36. The maximum atomic E-state index is 12.4. The highest BCUT2D eigenvalue weighted by Crippen LogP contribution is 2.26. The number of carbonyl (C=O) groups is 1. The van der Waals surface area contributed by atoms with Gasteiger partial charge in [-0.1, -0.05) is 23.2 Å². The van der Waals surface area contributed by atoms with Crippen LogP contribution < -0.4 is 16.2 Å². The molecule has 1 atom stereocenters. The maximum Gasteiger partial charge on any atom is 0.257 e. The van der Waals surface area contributed by atoms with Crippen molar-refractivity contribution in [2.24, 2.45) is 5.10 Å². The molecule has 24 heavy (non-hydrogen) atoms. The van der Waals surface area contributed by atoms with Gasteiger partial charge < -0.3 is 9.73 Å². The Labute approximate surface area is 153 Å². The van der Waals surface area contributed by atoms with Crippen LogP contribution in [0, 0.1) is 0 Å². The summed E-state index contributed by atoms with van der Waals surface area (Å²) in [7, 11) is 0. The Morgan fingerprint density at radius 3 is 2.92 bits per heavy atom. The van der Waals surface area contributed by atoms with Crippen molar-refractivity contribution in [3.05, 3.63) is 44.2 Å². The minimum atomic E-state index is -0.326. The Hall–Kier alpha value is -1.60. The summed E-state index contributed by atoms with van der Waals surface area (Å²) in [4.78, 5) is 24.2. The van der Waals surface area contributed by atoms with E-state index in [0.29, 0.717) is 5.02 Å². The van der Waals surface area contributed by atoms with Crippen LogP contribution in [0.15, 0.2) is 32.7 Å². The average Bonchev–Trinajstić information content (AvgIpc) is 3.04. The average molecular weight is 391 g/mol. The summed E-state index contributed by atoms with van der Waals surface area (Å²) in [5.41, 5.74) is 2.53. The van der Waals surface area contributed by atoms with Crippen molar-refractivity contribution >= 4 is 58.7 Å². The van der Waals surface area contributed by atoms with Crippen molar-refractivity contribution in [3.63, 3.8) is 0 Å². The molecule has 1 amide bonds. The van der Waals surface area contributed by atoms with Crippen LogP contribution in [0.1, 0.15) is 18.4 Å². The lowest BCUT2D eigenvalue weighted by Crippen LogP contribution is -2.38. The largest absolute Gasteiger partial charge is 0.462 e. The number of halogens is 3. The predicted molar refractivity (Wildman–Crippen MR) is 96.5 cm³/mol. The van der Waals surface area contributed by atoms with Crippen LogP contribution >= 0.6 is 35.6 Å². The number of benzene rings is 1. The van der Waals surface area contributed by atoms with E-state index >= 15 is 0 Å². The lowest BCUT2D eigenvalue weighted by molar-refractivity contribution is -0.122. The quantitative estimate of drug-likeness (QED) is 0.623. The molecule has 9 heteroatoms. The summed E-state index contributed by atoms with van der Waals surface area (Å²) in [6, 6.07) is 2.74. The number of hydrogen-bond donors (Lipinski definition) is 2. The van der Waals surface area contributed by atoms with Crippen LogP contribution in [0.5, 0.6) is 0 Å². The van der Waals surface area contributed by atoms with Crippen molar-refractivity contribution < 1.29 is 9.21 Å². The molecule has 0 saturated carbocycles. The fraction of sp³-hybridized carbons (Fsp3) is 0.267. The van der Waals surface area contributed by atoms with Gasteiger partial charge in [0.05, 0.1) is 28.2 Å². The van der Waals surface area contributed by atoms with Crippen LogP contribution in [0.25, 0.3) is 11.0 Å². The minimum absolute atomic E-state index is 0. The summed E-state index contributed by atoms with van der Waals surface area (Å²) in [6.45, 7) is 0.817. The fourth-order valence-corrected chi connectivity index (χ4v) is 2.96. The van der Waals surface area contributed by atoms with E-state index in [-0.39, 0.29) is 51.3 Å². The first-order valence-electron chi connectivity index (χ1n) is 7.03. The Morgan fingerprint density at radius 1 is 1.42 bits per heavy atom. The lowest BCUT2D eigenvalue weighted by atomic mass is 10.2. The Balaban J connectivity index is 0.00000208. The van der Waals surface area contributed by atoms with E-state index in [4.69, 9.17) is 27.6 Å². The number of hydrazone groups is 1. The first-order valence-corrected chi connectivity index (χ1v) is 7.78. The van der Waals surface area contributed by atoms with Crippen molar-refractivity contribution in [1.29, 1.82) is 0 Å². The first kappa shape index (κ1) is 18.7. The number of carbonyl (C=O) groups excluding carboxylic acids is 1. The monoisotopic (exact) mass is 389 g/mol. The topological polar surface area (TPSA) is 83.7 Å². The molecule has 3 rings (SSSR count). The SMILES string of the molecule is Cl.O=C(N/N=C/c1coc2c(Cl)cc(Cl)cc2c1=O)[C@@H]1CCCN1. The number of nitrogens with one attached hydrogen (secondary N) is 2. The van der Waals surface area contributed by atoms with E-state index in [1.165, 1.54) is 24.6 Å². The van der Waals surface area contributed by atoms with E-state index < -0.39 is 0 Å². The molecule has 2 N–H and O–H groups in total. The molecule has 0 unspecified atom stereocenters. The zero-order valence-electron chi connectivity index (χ0n) is 12.3. The van der Waals surface area contributed by atoms with Crippen LogP contribution in [-0.2, 0) is 4.79 Å². The molecule has 0 aliphatic carbocycles. The number of rotatable bonds is 3. The van der Waals surface area contributed by atoms with Gasteiger partial charge in [0.1, 0.15) is 6.26 Å². The summed E-state index contributed by atoms with van der Waals surface area (Å²) >= 11 is 11.9.